The van der Waals surface area contributed by atoms with E-state index < -0.39 is 42.1 Å². The second-order valence-electron chi connectivity index (χ2n) is 6.21. The molecule has 4 unspecified atom stereocenters. The minimum absolute atomic E-state index is 0. The van der Waals surface area contributed by atoms with Crippen LogP contribution in [0.3, 0.4) is 0 Å². The van der Waals surface area contributed by atoms with Gasteiger partial charge in [0, 0.05) is 25.7 Å². The molecule has 27 heavy (non-hydrogen) atoms. The molecule has 9 nitrogen and oxygen atoms in total. The van der Waals surface area contributed by atoms with Gasteiger partial charge >= 0.3 is 41.5 Å². The Labute approximate surface area is 181 Å². The maximum Gasteiger partial charge on any atom is 1.00 e. The summed E-state index contributed by atoms with van der Waals surface area (Å²) in [5.41, 5.74) is 0. The molecular weight excluding hydrogens is 367 g/mol. The molecule has 150 valence electrons. The SMILES string of the molecule is C/C=C/CC(O)CN(CCN(C(C)C(=O)O)C(C)C(=O)O)C(C)C(=O)[O-].[Na+]. The monoisotopic (exact) mass is 396 g/mol. The van der Waals surface area contributed by atoms with Crippen molar-refractivity contribution in [1.29, 1.82) is 0 Å². The number of carbonyl (C=O) groups excluding carboxylic acids is 1. The zero-order valence-corrected chi connectivity index (χ0v) is 18.7. The molecule has 10 heteroatoms. The molecule has 4 atom stereocenters. The predicted molar refractivity (Wildman–Crippen MR) is 92.4 cm³/mol. The van der Waals surface area contributed by atoms with Crippen molar-refractivity contribution < 1.29 is 64.4 Å². The molecular formula is C17H29N2NaO7. The van der Waals surface area contributed by atoms with Gasteiger partial charge in [0.25, 0.3) is 0 Å². The fraction of sp³-hybridized carbons (Fsp3) is 0.706. The first kappa shape index (κ1) is 28.2. The molecule has 0 aromatic carbocycles. The van der Waals surface area contributed by atoms with E-state index in [1.54, 1.807) is 19.1 Å². The van der Waals surface area contributed by atoms with E-state index in [1.165, 1.54) is 30.6 Å². The summed E-state index contributed by atoms with van der Waals surface area (Å²) in [6, 6.07) is -3.14. The van der Waals surface area contributed by atoms with E-state index in [9.17, 15) is 34.8 Å². The molecule has 0 aliphatic carbocycles. The Morgan fingerprint density at radius 1 is 1.00 bits per heavy atom. The van der Waals surface area contributed by atoms with Crippen LogP contribution in [0.15, 0.2) is 12.2 Å². The number of aliphatic hydroxyl groups is 1. The number of hydrogen-bond acceptors (Lipinski definition) is 7. The van der Waals surface area contributed by atoms with Gasteiger partial charge in [0.1, 0.15) is 12.1 Å². The van der Waals surface area contributed by atoms with Crippen LogP contribution in [-0.2, 0) is 14.4 Å². The van der Waals surface area contributed by atoms with E-state index in [0.29, 0.717) is 6.42 Å². The van der Waals surface area contributed by atoms with E-state index >= 15 is 0 Å². The van der Waals surface area contributed by atoms with Crippen molar-refractivity contribution >= 4 is 17.9 Å². The predicted octanol–water partition coefficient (Wildman–Crippen LogP) is -3.99. The molecule has 0 bridgehead atoms. The van der Waals surface area contributed by atoms with Gasteiger partial charge in [-0.3, -0.25) is 19.4 Å². The number of carboxylic acids is 3. The Hall–Kier alpha value is -0.970. The minimum Gasteiger partial charge on any atom is -0.548 e. The van der Waals surface area contributed by atoms with Crippen LogP contribution in [-0.4, -0.2) is 86.9 Å². The standard InChI is InChI=1S/C17H30N2O7.Na/c1-5-6-7-14(20)10-18(11(2)15(21)22)8-9-19(12(3)16(23)24)13(4)17(25)26;/h5-6,11-14,20H,7-10H2,1-4H3,(H,21,22)(H,23,24)(H,25,26);/q;+1/p-1/b6-5+;. The molecule has 0 amide bonds. The minimum atomic E-state index is -1.33. The van der Waals surface area contributed by atoms with Crippen LogP contribution in [0.4, 0.5) is 0 Å². The Bertz CT molecular complexity index is 496. The van der Waals surface area contributed by atoms with Crippen molar-refractivity contribution in [1.82, 2.24) is 9.80 Å². The third-order valence-corrected chi connectivity index (χ3v) is 4.33. The quantitative estimate of drug-likeness (QED) is 0.210. The van der Waals surface area contributed by atoms with Gasteiger partial charge in [-0.2, -0.15) is 0 Å². The Balaban J connectivity index is 0. The molecule has 0 fully saturated rings. The van der Waals surface area contributed by atoms with Crippen molar-refractivity contribution in [3.8, 4) is 0 Å². The molecule has 0 aromatic rings. The number of rotatable bonds is 13. The molecule has 0 radical (unpaired) electrons. The third kappa shape index (κ3) is 10.2. The van der Waals surface area contributed by atoms with Crippen LogP contribution < -0.4 is 34.7 Å². The van der Waals surface area contributed by atoms with E-state index in [0.717, 1.165) is 0 Å². The summed E-state index contributed by atoms with van der Waals surface area (Å²) in [5, 5.41) is 39.6. The largest absolute Gasteiger partial charge is 1.00 e. The van der Waals surface area contributed by atoms with Gasteiger partial charge in [-0.25, -0.2) is 0 Å². The summed E-state index contributed by atoms with van der Waals surface area (Å²) in [7, 11) is 0. The molecule has 0 aliphatic rings. The van der Waals surface area contributed by atoms with E-state index in [1.807, 2.05) is 0 Å². The Morgan fingerprint density at radius 3 is 1.85 bits per heavy atom. The average Bonchev–Trinajstić information content (AvgIpc) is 2.57. The van der Waals surface area contributed by atoms with E-state index in [-0.39, 0.29) is 49.2 Å². The third-order valence-electron chi connectivity index (χ3n) is 4.33. The average molecular weight is 396 g/mol. The second kappa shape index (κ2) is 14.1. The molecule has 0 rings (SSSR count). The number of aliphatic hydroxyl groups excluding tert-OH is 1. The topological polar surface area (TPSA) is 141 Å². The summed E-state index contributed by atoms with van der Waals surface area (Å²) in [4.78, 5) is 36.4. The number of aliphatic carboxylic acids is 3. The maximum atomic E-state index is 11.3. The van der Waals surface area contributed by atoms with Crippen molar-refractivity contribution in [2.75, 3.05) is 19.6 Å². The first-order valence-corrected chi connectivity index (χ1v) is 8.48. The van der Waals surface area contributed by atoms with E-state index in [2.05, 4.69) is 0 Å². The summed E-state index contributed by atoms with van der Waals surface area (Å²) in [6.07, 6.45) is 3.04. The molecule has 0 heterocycles. The van der Waals surface area contributed by atoms with Crippen LogP contribution in [0.5, 0.6) is 0 Å². The second-order valence-corrected chi connectivity index (χ2v) is 6.21. The number of hydrogen-bond donors (Lipinski definition) is 3. The summed E-state index contributed by atoms with van der Waals surface area (Å²) in [5.74, 6) is -3.68. The van der Waals surface area contributed by atoms with Gasteiger partial charge in [-0.05, 0) is 34.1 Å². The first-order valence-electron chi connectivity index (χ1n) is 8.48. The maximum absolute atomic E-state index is 11.3. The number of carbonyl (C=O) groups is 3. The molecule has 0 saturated carbocycles. The van der Waals surface area contributed by atoms with Gasteiger partial charge in [-0.1, -0.05) is 12.2 Å². The summed E-state index contributed by atoms with van der Waals surface area (Å²) in [6.45, 7) is 6.06. The van der Waals surface area contributed by atoms with Crippen LogP contribution in [0.25, 0.3) is 0 Å². The van der Waals surface area contributed by atoms with Crippen LogP contribution in [0.1, 0.15) is 34.1 Å². The molecule has 3 N–H and O–H groups in total. The van der Waals surface area contributed by atoms with Gasteiger partial charge in [0.05, 0.1) is 12.1 Å². The normalized spacial score (nSPS) is 16.0. The first-order chi connectivity index (χ1) is 12.0. The molecule has 0 aliphatic heterocycles. The van der Waals surface area contributed by atoms with Crippen LogP contribution >= 0.6 is 0 Å². The van der Waals surface area contributed by atoms with Crippen molar-refractivity contribution in [3.63, 3.8) is 0 Å². The van der Waals surface area contributed by atoms with Gasteiger partial charge in [0.2, 0.25) is 0 Å². The number of allylic oxidation sites excluding steroid dienone is 1. The van der Waals surface area contributed by atoms with Crippen LogP contribution in [0, 0.1) is 0 Å². The fourth-order valence-corrected chi connectivity index (χ4v) is 2.48. The van der Waals surface area contributed by atoms with Crippen LogP contribution in [0.2, 0.25) is 0 Å². The number of nitrogens with zero attached hydrogens (tertiary/aromatic N) is 2. The molecule has 0 spiro atoms. The van der Waals surface area contributed by atoms with E-state index in [4.69, 9.17) is 0 Å². The number of carboxylic acid groups (broad SMARTS) is 3. The molecule has 0 saturated heterocycles. The Kier molecular flexibility index (Phi) is 14.7. The zero-order chi connectivity index (χ0) is 20.4. The van der Waals surface area contributed by atoms with Gasteiger partial charge < -0.3 is 25.2 Å². The zero-order valence-electron chi connectivity index (χ0n) is 16.7. The summed E-state index contributed by atoms with van der Waals surface area (Å²) >= 11 is 0. The van der Waals surface area contributed by atoms with Crippen molar-refractivity contribution in [2.45, 2.75) is 58.3 Å². The Morgan fingerprint density at radius 2 is 1.48 bits per heavy atom. The fourth-order valence-electron chi connectivity index (χ4n) is 2.48. The van der Waals surface area contributed by atoms with Crippen molar-refractivity contribution in [2.24, 2.45) is 0 Å². The van der Waals surface area contributed by atoms with Crippen molar-refractivity contribution in [3.05, 3.63) is 12.2 Å². The van der Waals surface area contributed by atoms with Gasteiger partial charge in [-0.15, -0.1) is 0 Å². The summed E-state index contributed by atoms with van der Waals surface area (Å²) < 4.78 is 0. The smallest absolute Gasteiger partial charge is 0.548 e. The van der Waals surface area contributed by atoms with Gasteiger partial charge in [0.15, 0.2) is 0 Å². The molecule has 0 aromatic heterocycles.